The molecule has 18 heavy (non-hydrogen) atoms. The van der Waals surface area contributed by atoms with E-state index in [0.717, 1.165) is 5.57 Å². The number of rotatable bonds is 5. The van der Waals surface area contributed by atoms with Crippen molar-refractivity contribution in [1.82, 2.24) is 4.98 Å². The third-order valence-electron chi connectivity index (χ3n) is 2.08. The van der Waals surface area contributed by atoms with Crippen LogP contribution in [-0.2, 0) is 6.61 Å². The van der Waals surface area contributed by atoms with Gasteiger partial charge in [-0.25, -0.2) is 9.37 Å². The van der Waals surface area contributed by atoms with Crippen LogP contribution in [0.4, 0.5) is 4.39 Å². The highest BCUT2D eigenvalue weighted by Gasteiger charge is 2.07. The molecule has 0 aliphatic carbocycles. The molecule has 0 bridgehead atoms. The lowest BCUT2D eigenvalue weighted by Gasteiger charge is -2.07. The molecule has 0 aliphatic rings. The molecule has 0 radical (unpaired) electrons. The third-order valence-corrected chi connectivity index (χ3v) is 2.08. The second kappa shape index (κ2) is 6.71. The van der Waals surface area contributed by atoms with Gasteiger partial charge in [0.2, 0.25) is 0 Å². The number of hydrogen-bond donors (Lipinski definition) is 1. The van der Waals surface area contributed by atoms with Crippen molar-refractivity contribution in [2.24, 2.45) is 0 Å². The summed E-state index contributed by atoms with van der Waals surface area (Å²) in [7, 11) is 0. The van der Waals surface area contributed by atoms with Gasteiger partial charge >= 0.3 is 0 Å². The van der Waals surface area contributed by atoms with Crippen molar-refractivity contribution in [1.29, 1.82) is 0 Å². The predicted octanol–water partition coefficient (Wildman–Crippen LogP) is 3.13. The molecule has 1 aromatic rings. The summed E-state index contributed by atoms with van der Waals surface area (Å²) in [5.74, 6) is -0.252. The second-order valence-corrected chi connectivity index (χ2v) is 3.76. The fourth-order valence-electron chi connectivity index (χ4n) is 1.15. The van der Waals surface area contributed by atoms with E-state index in [2.05, 4.69) is 11.6 Å². The normalized spacial score (nSPS) is 11.9. The summed E-state index contributed by atoms with van der Waals surface area (Å²) in [6.07, 6.45) is 6.51. The first-order valence-electron chi connectivity index (χ1n) is 5.50. The average molecular weight is 249 g/mol. The molecule has 0 saturated carbocycles. The van der Waals surface area contributed by atoms with Gasteiger partial charge < -0.3 is 9.84 Å². The van der Waals surface area contributed by atoms with Crippen molar-refractivity contribution in [3.8, 4) is 5.88 Å². The highest BCUT2D eigenvalue weighted by molar-refractivity contribution is 5.26. The number of pyridine rings is 1. The van der Waals surface area contributed by atoms with Crippen LogP contribution in [0.15, 0.2) is 48.4 Å². The van der Waals surface area contributed by atoms with Gasteiger partial charge in [0.1, 0.15) is 5.76 Å². The third kappa shape index (κ3) is 4.14. The zero-order chi connectivity index (χ0) is 13.5. The number of ether oxygens (including phenoxy) is 1. The van der Waals surface area contributed by atoms with Crippen LogP contribution < -0.4 is 4.74 Å². The SMILES string of the molecule is C=C(C)/C=C\C(=C/C)Oc1ncc(CO)cc1F. The van der Waals surface area contributed by atoms with Crippen LogP contribution in [-0.4, -0.2) is 10.1 Å². The first-order chi connectivity index (χ1) is 8.56. The first-order valence-corrected chi connectivity index (χ1v) is 5.50. The molecule has 0 fully saturated rings. The van der Waals surface area contributed by atoms with E-state index in [1.54, 1.807) is 25.2 Å². The van der Waals surface area contributed by atoms with E-state index in [0.29, 0.717) is 11.3 Å². The van der Waals surface area contributed by atoms with Crippen molar-refractivity contribution in [2.75, 3.05) is 0 Å². The minimum absolute atomic E-state index is 0.119. The lowest BCUT2D eigenvalue weighted by Crippen LogP contribution is -1.99. The van der Waals surface area contributed by atoms with E-state index in [-0.39, 0.29) is 12.5 Å². The van der Waals surface area contributed by atoms with E-state index >= 15 is 0 Å². The topological polar surface area (TPSA) is 42.4 Å². The van der Waals surface area contributed by atoms with E-state index in [4.69, 9.17) is 9.84 Å². The lowest BCUT2D eigenvalue weighted by molar-refractivity contribution is 0.279. The molecule has 1 rings (SSSR count). The minimum Gasteiger partial charge on any atom is -0.437 e. The van der Waals surface area contributed by atoms with Crippen LogP contribution in [0.25, 0.3) is 0 Å². The highest BCUT2D eigenvalue weighted by atomic mass is 19.1. The van der Waals surface area contributed by atoms with Crippen molar-refractivity contribution < 1.29 is 14.2 Å². The Balaban J connectivity index is 2.86. The highest BCUT2D eigenvalue weighted by Crippen LogP contribution is 2.17. The van der Waals surface area contributed by atoms with E-state index in [9.17, 15) is 4.39 Å². The molecule has 0 amide bonds. The minimum atomic E-state index is -0.607. The molecule has 3 nitrogen and oxygen atoms in total. The van der Waals surface area contributed by atoms with E-state index in [1.807, 2.05) is 6.92 Å². The van der Waals surface area contributed by atoms with Gasteiger partial charge in [-0.2, -0.15) is 0 Å². The predicted molar refractivity (Wildman–Crippen MR) is 68.5 cm³/mol. The molecule has 0 aromatic carbocycles. The Morgan fingerprint density at radius 3 is 2.78 bits per heavy atom. The van der Waals surface area contributed by atoms with Crippen molar-refractivity contribution in [3.05, 3.63) is 59.8 Å². The monoisotopic (exact) mass is 249 g/mol. The molecule has 0 unspecified atom stereocenters. The van der Waals surface area contributed by atoms with Crippen LogP contribution in [0.1, 0.15) is 19.4 Å². The van der Waals surface area contributed by atoms with Crippen molar-refractivity contribution in [3.63, 3.8) is 0 Å². The molecular weight excluding hydrogens is 233 g/mol. The maximum absolute atomic E-state index is 13.6. The number of aliphatic hydroxyl groups excluding tert-OH is 1. The molecule has 96 valence electrons. The summed E-state index contributed by atoms with van der Waals surface area (Å²) < 4.78 is 18.9. The molecule has 0 spiro atoms. The summed E-state index contributed by atoms with van der Waals surface area (Å²) >= 11 is 0. The fourth-order valence-corrected chi connectivity index (χ4v) is 1.15. The standard InChI is InChI=1S/C14H16FNO2/c1-4-12(6-5-10(2)3)18-14-13(15)7-11(9-17)8-16-14/h4-8,17H,2,9H2,1,3H3/b6-5-,12-4+. The van der Waals surface area contributed by atoms with Gasteiger partial charge in [-0.1, -0.05) is 18.2 Å². The summed E-state index contributed by atoms with van der Waals surface area (Å²) in [4.78, 5) is 3.81. The summed E-state index contributed by atoms with van der Waals surface area (Å²) in [5, 5.41) is 8.85. The van der Waals surface area contributed by atoms with Gasteiger partial charge in [0.25, 0.3) is 5.88 Å². The number of hydrogen-bond acceptors (Lipinski definition) is 3. The Labute approximate surface area is 106 Å². The molecule has 0 saturated heterocycles. The molecule has 4 heteroatoms. The van der Waals surface area contributed by atoms with Crippen molar-refractivity contribution in [2.45, 2.75) is 20.5 Å². The molecule has 1 heterocycles. The van der Waals surface area contributed by atoms with Crippen LogP contribution in [0.3, 0.4) is 0 Å². The van der Waals surface area contributed by atoms with Gasteiger partial charge in [-0.05, 0) is 37.6 Å². The molecule has 1 N–H and O–H groups in total. The summed E-state index contributed by atoms with van der Waals surface area (Å²) in [5.41, 5.74) is 1.27. The van der Waals surface area contributed by atoms with Crippen LogP contribution in [0.2, 0.25) is 0 Å². The van der Waals surface area contributed by atoms with Crippen molar-refractivity contribution >= 4 is 0 Å². The Bertz CT molecular complexity index is 493. The summed E-state index contributed by atoms with van der Waals surface area (Å²) in [6.45, 7) is 7.09. The molecule has 1 aromatic heterocycles. The van der Waals surface area contributed by atoms with Crippen LogP contribution in [0.5, 0.6) is 5.88 Å². The largest absolute Gasteiger partial charge is 0.437 e. The zero-order valence-corrected chi connectivity index (χ0v) is 10.5. The Morgan fingerprint density at radius 2 is 2.28 bits per heavy atom. The van der Waals surface area contributed by atoms with Crippen LogP contribution in [0, 0.1) is 5.82 Å². The maximum atomic E-state index is 13.6. The van der Waals surface area contributed by atoms with Gasteiger partial charge in [-0.15, -0.1) is 0 Å². The van der Waals surface area contributed by atoms with E-state index in [1.165, 1.54) is 12.3 Å². The molecule has 0 aliphatic heterocycles. The second-order valence-electron chi connectivity index (χ2n) is 3.76. The van der Waals surface area contributed by atoms with Gasteiger partial charge in [0.05, 0.1) is 6.61 Å². The number of aliphatic hydroxyl groups is 1. The average Bonchev–Trinajstić information content (AvgIpc) is 2.35. The van der Waals surface area contributed by atoms with Crippen LogP contribution >= 0.6 is 0 Å². The molecule has 0 atom stereocenters. The fraction of sp³-hybridized carbons (Fsp3) is 0.214. The summed E-state index contributed by atoms with van der Waals surface area (Å²) in [6, 6.07) is 1.19. The smallest absolute Gasteiger partial charge is 0.255 e. The zero-order valence-electron chi connectivity index (χ0n) is 10.5. The van der Waals surface area contributed by atoms with Gasteiger partial charge in [-0.3, -0.25) is 0 Å². The Morgan fingerprint density at radius 1 is 1.56 bits per heavy atom. The van der Waals surface area contributed by atoms with Gasteiger partial charge in [0.15, 0.2) is 5.82 Å². The first kappa shape index (κ1) is 14.1. The molecular formula is C14H16FNO2. The van der Waals surface area contributed by atoms with Gasteiger partial charge in [0, 0.05) is 6.20 Å². The maximum Gasteiger partial charge on any atom is 0.255 e. The number of allylic oxidation sites excluding steroid dienone is 4. The Kier molecular flexibility index (Phi) is 5.27. The number of halogens is 1. The van der Waals surface area contributed by atoms with E-state index < -0.39 is 5.82 Å². The Hall–Kier alpha value is -1.94. The number of aromatic nitrogens is 1. The number of nitrogens with zero attached hydrogens (tertiary/aromatic N) is 1. The quantitative estimate of drug-likeness (QED) is 0.644. The lowest BCUT2D eigenvalue weighted by atomic mass is 10.3.